The molecule has 2 aromatic rings. The third kappa shape index (κ3) is 3.29. The van der Waals surface area contributed by atoms with Crippen molar-refractivity contribution in [1.82, 2.24) is 4.90 Å². The number of Topliss-reactive ketones (excluding diaryl/α,β-unsaturated/α-hetero) is 1. The van der Waals surface area contributed by atoms with Crippen molar-refractivity contribution in [2.45, 2.75) is 37.8 Å². The van der Waals surface area contributed by atoms with Crippen molar-refractivity contribution in [3.8, 4) is 11.1 Å². The number of nitrogens with zero attached hydrogens (tertiary/aromatic N) is 1. The molecule has 0 bridgehead atoms. The number of esters is 1. The first-order valence-electron chi connectivity index (χ1n) is 11.6. The van der Waals surface area contributed by atoms with Gasteiger partial charge in [0.15, 0.2) is 5.78 Å². The lowest BCUT2D eigenvalue weighted by atomic mass is 9.71. The number of carbonyl (C=O) groups is 2. The lowest BCUT2D eigenvalue weighted by Gasteiger charge is -2.45. The molecule has 1 aromatic heterocycles. The number of furan rings is 1. The number of rotatable bonds is 5. The number of methoxy groups -OCH3 is 2. The molecule has 1 N–H and O–H groups in total. The Morgan fingerprint density at radius 1 is 1.33 bits per heavy atom. The van der Waals surface area contributed by atoms with Crippen molar-refractivity contribution >= 4 is 17.4 Å². The quantitative estimate of drug-likeness (QED) is 0.417. The van der Waals surface area contributed by atoms with E-state index >= 15 is 0 Å². The zero-order valence-electron chi connectivity index (χ0n) is 19.3. The van der Waals surface area contributed by atoms with E-state index in [1.54, 1.807) is 19.6 Å². The van der Waals surface area contributed by atoms with E-state index in [1.807, 2.05) is 24.3 Å². The molecule has 33 heavy (non-hydrogen) atoms. The van der Waals surface area contributed by atoms with Crippen LogP contribution in [0.3, 0.4) is 0 Å². The maximum Gasteiger partial charge on any atom is 0.337 e. The lowest BCUT2D eigenvalue weighted by molar-refractivity contribution is -0.137. The molecule has 1 aromatic carbocycles. The predicted octanol–water partition coefficient (Wildman–Crippen LogP) is 4.12. The lowest BCUT2D eigenvalue weighted by Crippen LogP contribution is -2.57. The Labute approximate surface area is 193 Å². The highest BCUT2D eigenvalue weighted by molar-refractivity contribution is 6.18. The first-order valence-corrected chi connectivity index (χ1v) is 11.6. The van der Waals surface area contributed by atoms with Gasteiger partial charge >= 0.3 is 5.97 Å². The minimum Gasteiger partial charge on any atom is -0.504 e. The molecule has 3 aliphatic rings. The van der Waals surface area contributed by atoms with E-state index in [-0.39, 0.29) is 29.6 Å². The van der Waals surface area contributed by atoms with E-state index < -0.39 is 5.54 Å². The topological polar surface area (TPSA) is 81.0 Å². The van der Waals surface area contributed by atoms with Crippen LogP contribution in [0.5, 0.6) is 0 Å². The molecule has 0 amide bonds. The molecule has 0 aliphatic carbocycles. The summed E-state index contributed by atoms with van der Waals surface area (Å²) in [6.45, 7) is 3.84. The maximum atomic E-state index is 14.1. The van der Waals surface area contributed by atoms with Gasteiger partial charge in [-0.3, -0.25) is 9.69 Å². The second kappa shape index (κ2) is 8.37. The molecule has 2 unspecified atom stereocenters. The van der Waals surface area contributed by atoms with E-state index in [0.29, 0.717) is 12.0 Å². The molecule has 174 valence electrons. The summed E-state index contributed by atoms with van der Waals surface area (Å²) in [6, 6.07) is 7.79. The van der Waals surface area contributed by atoms with Gasteiger partial charge in [-0.2, -0.15) is 0 Å². The monoisotopic (exact) mass is 450 g/mol. The summed E-state index contributed by atoms with van der Waals surface area (Å²) in [5, 5.41) is 3.64. The molecule has 4 heterocycles. The van der Waals surface area contributed by atoms with Crippen LogP contribution in [0.15, 0.2) is 53.0 Å². The maximum absolute atomic E-state index is 14.1. The Hall–Kier alpha value is -3.06. The number of hydrogen-bond donors (Lipinski definition) is 1. The van der Waals surface area contributed by atoms with Gasteiger partial charge in [0.1, 0.15) is 5.54 Å². The number of anilines is 1. The molecule has 7 heteroatoms. The number of nitrogens with one attached hydrogen (secondary N) is 1. The summed E-state index contributed by atoms with van der Waals surface area (Å²) in [5.74, 6) is 0.0189. The van der Waals surface area contributed by atoms with Gasteiger partial charge in [-0.15, -0.1) is 0 Å². The summed E-state index contributed by atoms with van der Waals surface area (Å²) in [5.41, 5.74) is 3.24. The molecule has 7 nitrogen and oxygen atoms in total. The zero-order chi connectivity index (χ0) is 23.2. The Morgan fingerprint density at radius 3 is 2.88 bits per heavy atom. The number of fused-ring (bicyclic) bond motifs is 3. The van der Waals surface area contributed by atoms with Gasteiger partial charge in [-0.05, 0) is 42.4 Å². The van der Waals surface area contributed by atoms with Crippen LogP contribution in [-0.4, -0.2) is 55.5 Å². The van der Waals surface area contributed by atoms with E-state index in [1.165, 1.54) is 13.4 Å². The molecule has 0 radical (unpaired) electrons. The highest BCUT2D eigenvalue weighted by Gasteiger charge is 2.59. The Bertz CT molecular complexity index is 1090. The fourth-order valence-corrected chi connectivity index (χ4v) is 6.20. The minimum absolute atomic E-state index is 0.0210. The zero-order valence-corrected chi connectivity index (χ0v) is 19.3. The van der Waals surface area contributed by atoms with Crippen LogP contribution in [0.2, 0.25) is 0 Å². The standard InChI is InChI=1S/C26H30N2O5/c1-4-16-13-28-10-9-26(22(28)12-19(16)20(15-31-2)25(30)32-3)24(29)23-18(17-8-11-33-14-17)6-5-7-21(23)27-26/h5-8,11,14-16,19,22,27H,4,9-10,12-13H2,1-3H3/b20-15+/t16-,19+,22?,26?/m1/s1. The fourth-order valence-electron chi connectivity index (χ4n) is 6.20. The smallest absolute Gasteiger partial charge is 0.337 e. The third-order valence-corrected chi connectivity index (χ3v) is 7.79. The highest BCUT2D eigenvalue weighted by Crippen LogP contribution is 2.50. The minimum atomic E-state index is -0.701. The van der Waals surface area contributed by atoms with Crippen molar-refractivity contribution in [3.05, 3.63) is 54.2 Å². The van der Waals surface area contributed by atoms with Crippen LogP contribution in [0.1, 0.15) is 36.5 Å². The molecule has 1 spiro atoms. The van der Waals surface area contributed by atoms with Gasteiger partial charge < -0.3 is 19.2 Å². The van der Waals surface area contributed by atoms with Crippen LogP contribution >= 0.6 is 0 Å². The Morgan fingerprint density at radius 2 is 2.18 bits per heavy atom. The Balaban J connectivity index is 1.52. The second-order valence-electron chi connectivity index (χ2n) is 9.24. The van der Waals surface area contributed by atoms with Crippen molar-refractivity contribution in [2.75, 3.05) is 32.6 Å². The van der Waals surface area contributed by atoms with E-state index in [2.05, 4.69) is 17.1 Å². The number of ether oxygens (including phenoxy) is 2. The van der Waals surface area contributed by atoms with E-state index in [9.17, 15) is 9.59 Å². The third-order valence-electron chi connectivity index (χ3n) is 7.79. The summed E-state index contributed by atoms with van der Waals surface area (Å²) in [4.78, 5) is 29.1. The number of hydrogen-bond acceptors (Lipinski definition) is 7. The molecule has 2 fully saturated rings. The summed E-state index contributed by atoms with van der Waals surface area (Å²) >= 11 is 0. The van der Waals surface area contributed by atoms with Crippen molar-refractivity contribution in [1.29, 1.82) is 0 Å². The van der Waals surface area contributed by atoms with Crippen molar-refractivity contribution in [3.63, 3.8) is 0 Å². The van der Waals surface area contributed by atoms with E-state index in [4.69, 9.17) is 13.9 Å². The largest absolute Gasteiger partial charge is 0.504 e. The van der Waals surface area contributed by atoms with Gasteiger partial charge in [0.2, 0.25) is 0 Å². The highest BCUT2D eigenvalue weighted by atomic mass is 16.5. The molecule has 3 aliphatic heterocycles. The van der Waals surface area contributed by atoms with Crippen LogP contribution in [0.4, 0.5) is 5.69 Å². The van der Waals surface area contributed by atoms with Gasteiger partial charge in [-0.25, -0.2) is 4.79 Å². The van der Waals surface area contributed by atoms with E-state index in [0.717, 1.165) is 48.3 Å². The second-order valence-corrected chi connectivity index (χ2v) is 9.24. The number of piperidine rings is 1. The normalized spacial score (nSPS) is 29.0. The summed E-state index contributed by atoms with van der Waals surface area (Å²) in [6.07, 6.45) is 7.19. The van der Waals surface area contributed by atoms with Crippen molar-refractivity contribution < 1.29 is 23.5 Å². The first kappa shape index (κ1) is 21.8. The number of carbonyl (C=O) groups excluding carboxylic acids is 2. The van der Waals surface area contributed by atoms with Crippen LogP contribution in [0, 0.1) is 11.8 Å². The summed E-state index contributed by atoms with van der Waals surface area (Å²) < 4.78 is 15.6. The van der Waals surface area contributed by atoms with Crippen LogP contribution < -0.4 is 5.32 Å². The molecular weight excluding hydrogens is 420 g/mol. The summed E-state index contributed by atoms with van der Waals surface area (Å²) in [7, 11) is 2.95. The van der Waals surface area contributed by atoms with Gasteiger partial charge in [-0.1, -0.05) is 25.5 Å². The van der Waals surface area contributed by atoms with Crippen LogP contribution in [0.25, 0.3) is 11.1 Å². The molecule has 4 atom stereocenters. The average Bonchev–Trinajstić information content (AvgIpc) is 3.56. The first-order chi connectivity index (χ1) is 16.0. The molecule has 2 saturated heterocycles. The van der Waals surface area contributed by atoms with Crippen LogP contribution in [-0.2, 0) is 14.3 Å². The molecular formula is C26H30N2O5. The molecule has 0 saturated carbocycles. The SMILES string of the molecule is CC[C@@H]1CN2CCC3(Nc4cccc(-c5ccoc5)c4C3=O)C2C[C@@H]1/C(=C\OC)C(=O)OC. The van der Waals surface area contributed by atoms with Gasteiger partial charge in [0.25, 0.3) is 0 Å². The average molecular weight is 451 g/mol. The molecule has 5 rings (SSSR count). The fraction of sp³-hybridized carbons (Fsp3) is 0.462. The Kier molecular flexibility index (Phi) is 5.52. The predicted molar refractivity (Wildman–Crippen MR) is 124 cm³/mol. The number of benzene rings is 1. The van der Waals surface area contributed by atoms with Gasteiger partial charge in [0, 0.05) is 30.4 Å². The number of ketones is 1. The van der Waals surface area contributed by atoms with Crippen molar-refractivity contribution in [2.24, 2.45) is 11.8 Å². The van der Waals surface area contributed by atoms with Gasteiger partial charge in [0.05, 0.1) is 44.1 Å².